The minimum atomic E-state index is -0.617. The van der Waals surface area contributed by atoms with Gasteiger partial charge < -0.3 is 14.6 Å². The minimum absolute atomic E-state index is 0.0326. The van der Waals surface area contributed by atoms with E-state index < -0.39 is 10.9 Å². The Hall–Kier alpha value is -3.42. The normalized spacial score (nSPS) is 14.2. The zero-order chi connectivity index (χ0) is 19.5. The van der Waals surface area contributed by atoms with Gasteiger partial charge in [-0.15, -0.1) is 0 Å². The second-order valence-corrected chi connectivity index (χ2v) is 6.79. The Kier molecular flexibility index (Phi) is 4.92. The smallest absolute Gasteiger partial charge is 0.338 e. The Morgan fingerprint density at radius 3 is 2.71 bits per heavy atom. The number of H-pyrrole nitrogens is 1. The average Bonchev–Trinajstić information content (AvgIpc) is 3.15. The maximum Gasteiger partial charge on any atom is 0.338 e. The van der Waals surface area contributed by atoms with Crippen molar-refractivity contribution in [2.45, 2.75) is 25.9 Å². The Bertz CT molecular complexity index is 991. The molecule has 2 aromatic carbocycles. The lowest BCUT2D eigenvalue weighted by atomic mass is 10.1. The van der Waals surface area contributed by atoms with Crippen LogP contribution in [0.15, 0.2) is 42.5 Å². The molecule has 8 heteroatoms. The molecular formula is C20H20N4O4. The minimum Gasteiger partial charge on any atom is -0.454 e. The fourth-order valence-electron chi connectivity index (χ4n) is 3.49. The lowest BCUT2D eigenvalue weighted by molar-refractivity contribution is -0.384. The predicted octanol–water partition coefficient (Wildman–Crippen LogP) is 3.82. The van der Waals surface area contributed by atoms with Crippen LogP contribution in [0, 0.1) is 10.1 Å². The highest BCUT2D eigenvalue weighted by atomic mass is 16.6. The fourth-order valence-corrected chi connectivity index (χ4v) is 3.49. The third kappa shape index (κ3) is 3.66. The molecule has 1 saturated heterocycles. The molecule has 1 fully saturated rings. The molecule has 2 heterocycles. The zero-order valence-electron chi connectivity index (χ0n) is 15.3. The number of para-hydroxylation sites is 2. The van der Waals surface area contributed by atoms with Crippen molar-refractivity contribution in [1.82, 2.24) is 9.97 Å². The second kappa shape index (κ2) is 7.67. The van der Waals surface area contributed by atoms with Gasteiger partial charge >= 0.3 is 5.97 Å². The summed E-state index contributed by atoms with van der Waals surface area (Å²) in [6, 6.07) is 12.0. The number of imidazole rings is 1. The molecule has 0 radical (unpaired) electrons. The van der Waals surface area contributed by atoms with Gasteiger partial charge in [0.2, 0.25) is 0 Å². The van der Waals surface area contributed by atoms with Crippen LogP contribution in [0.4, 0.5) is 11.4 Å². The van der Waals surface area contributed by atoms with E-state index in [-0.39, 0.29) is 17.9 Å². The molecule has 0 amide bonds. The van der Waals surface area contributed by atoms with E-state index in [0.29, 0.717) is 11.5 Å². The van der Waals surface area contributed by atoms with Gasteiger partial charge in [0.05, 0.1) is 21.5 Å². The van der Waals surface area contributed by atoms with Gasteiger partial charge in [0.15, 0.2) is 0 Å². The third-order valence-electron chi connectivity index (χ3n) is 4.88. The summed E-state index contributed by atoms with van der Waals surface area (Å²) in [6.07, 6.45) is 3.16. The summed E-state index contributed by atoms with van der Waals surface area (Å²) in [4.78, 5) is 32.9. The quantitative estimate of drug-likeness (QED) is 0.410. The number of nitro groups is 1. The van der Waals surface area contributed by atoms with Crippen molar-refractivity contribution in [3.8, 4) is 0 Å². The number of hydrogen-bond donors (Lipinski definition) is 1. The number of carbonyl (C=O) groups is 1. The Balaban J connectivity index is 1.50. The molecule has 1 aliphatic rings. The number of nitrogens with one attached hydrogen (secondary N) is 1. The van der Waals surface area contributed by atoms with E-state index in [1.54, 1.807) is 12.1 Å². The van der Waals surface area contributed by atoms with Gasteiger partial charge in [-0.25, -0.2) is 9.78 Å². The van der Waals surface area contributed by atoms with Gasteiger partial charge in [-0.05, 0) is 43.5 Å². The first-order valence-corrected chi connectivity index (χ1v) is 9.26. The molecule has 3 aromatic rings. The number of piperidine rings is 1. The molecular weight excluding hydrogens is 360 g/mol. The van der Waals surface area contributed by atoms with E-state index in [0.717, 1.165) is 43.4 Å². The van der Waals surface area contributed by atoms with Gasteiger partial charge in [-0.1, -0.05) is 12.1 Å². The molecule has 28 heavy (non-hydrogen) atoms. The van der Waals surface area contributed by atoms with Crippen molar-refractivity contribution < 1.29 is 14.5 Å². The van der Waals surface area contributed by atoms with Crippen molar-refractivity contribution in [3.63, 3.8) is 0 Å². The number of hydrogen-bond acceptors (Lipinski definition) is 6. The van der Waals surface area contributed by atoms with E-state index in [9.17, 15) is 14.9 Å². The van der Waals surface area contributed by atoms with Crippen LogP contribution in [0.3, 0.4) is 0 Å². The highest BCUT2D eigenvalue weighted by molar-refractivity contribution is 5.91. The number of ether oxygens (including phenoxy) is 1. The van der Waals surface area contributed by atoms with Crippen molar-refractivity contribution in [2.75, 3.05) is 18.0 Å². The molecule has 0 atom stereocenters. The summed E-state index contributed by atoms with van der Waals surface area (Å²) in [5, 5.41) is 11.5. The number of aromatic nitrogens is 2. The molecule has 8 nitrogen and oxygen atoms in total. The number of aromatic amines is 1. The molecule has 1 aromatic heterocycles. The van der Waals surface area contributed by atoms with Crippen LogP contribution in [0.25, 0.3) is 11.0 Å². The van der Waals surface area contributed by atoms with Crippen LogP contribution in [-0.4, -0.2) is 34.0 Å². The highest BCUT2D eigenvalue weighted by Crippen LogP contribution is 2.31. The predicted molar refractivity (Wildman–Crippen MR) is 104 cm³/mol. The molecule has 0 aliphatic carbocycles. The molecule has 0 saturated carbocycles. The lowest BCUT2D eigenvalue weighted by Crippen LogP contribution is -2.30. The zero-order valence-corrected chi connectivity index (χ0v) is 15.3. The van der Waals surface area contributed by atoms with Gasteiger partial charge in [-0.3, -0.25) is 10.1 Å². The summed E-state index contributed by atoms with van der Waals surface area (Å²) < 4.78 is 5.29. The standard InChI is InChI=1S/C20H20N4O4/c25-20(28-13-19-21-15-6-2-3-7-16(15)22-19)14-8-9-17(18(12-14)24(26)27)23-10-4-1-5-11-23/h2-3,6-9,12H,1,4-5,10-11,13H2,(H,21,22). The number of carbonyl (C=O) groups excluding carboxylic acids is 1. The first-order chi connectivity index (χ1) is 13.6. The summed E-state index contributed by atoms with van der Waals surface area (Å²) in [6.45, 7) is 1.54. The van der Waals surface area contributed by atoms with Crippen molar-refractivity contribution in [2.24, 2.45) is 0 Å². The highest BCUT2D eigenvalue weighted by Gasteiger charge is 2.23. The monoisotopic (exact) mass is 380 g/mol. The fraction of sp³-hybridized carbons (Fsp3) is 0.300. The van der Waals surface area contributed by atoms with E-state index in [1.807, 2.05) is 29.2 Å². The maximum absolute atomic E-state index is 12.4. The largest absolute Gasteiger partial charge is 0.454 e. The first kappa shape index (κ1) is 18.0. The number of rotatable bonds is 5. The molecule has 4 rings (SSSR count). The molecule has 1 N–H and O–H groups in total. The summed E-state index contributed by atoms with van der Waals surface area (Å²) >= 11 is 0. The van der Waals surface area contributed by atoms with Crippen molar-refractivity contribution in [1.29, 1.82) is 0 Å². The second-order valence-electron chi connectivity index (χ2n) is 6.79. The van der Waals surface area contributed by atoms with E-state index in [4.69, 9.17) is 4.74 Å². The van der Waals surface area contributed by atoms with Gasteiger partial charge in [0.25, 0.3) is 5.69 Å². The average molecular weight is 380 g/mol. The van der Waals surface area contributed by atoms with Crippen molar-refractivity contribution >= 4 is 28.4 Å². The molecule has 0 unspecified atom stereocenters. The van der Waals surface area contributed by atoms with Crippen LogP contribution >= 0.6 is 0 Å². The number of anilines is 1. The number of nitrogens with zero attached hydrogens (tertiary/aromatic N) is 3. The maximum atomic E-state index is 12.4. The number of benzene rings is 2. The SMILES string of the molecule is O=C(OCc1nc2ccccc2[nH]1)c1ccc(N2CCCCC2)c([N+](=O)[O-])c1. The number of fused-ring (bicyclic) bond motifs is 1. The molecule has 0 bridgehead atoms. The van der Waals surface area contributed by atoms with Gasteiger partial charge in [-0.2, -0.15) is 0 Å². The molecule has 1 aliphatic heterocycles. The van der Waals surface area contributed by atoms with Crippen LogP contribution in [0.5, 0.6) is 0 Å². The van der Waals surface area contributed by atoms with Crippen LogP contribution in [0.1, 0.15) is 35.4 Å². The van der Waals surface area contributed by atoms with Gasteiger partial charge in [0, 0.05) is 19.2 Å². The number of nitro benzene ring substituents is 1. The van der Waals surface area contributed by atoms with E-state index >= 15 is 0 Å². The van der Waals surface area contributed by atoms with Crippen molar-refractivity contribution in [3.05, 3.63) is 64.0 Å². The van der Waals surface area contributed by atoms with Crippen LogP contribution in [0.2, 0.25) is 0 Å². The third-order valence-corrected chi connectivity index (χ3v) is 4.88. The van der Waals surface area contributed by atoms with Gasteiger partial charge in [0.1, 0.15) is 18.1 Å². The Labute approximate surface area is 161 Å². The number of esters is 1. The Morgan fingerprint density at radius 1 is 1.18 bits per heavy atom. The molecule has 144 valence electrons. The first-order valence-electron chi connectivity index (χ1n) is 9.26. The van der Waals surface area contributed by atoms with Crippen LogP contribution in [-0.2, 0) is 11.3 Å². The summed E-state index contributed by atoms with van der Waals surface area (Å²) in [5.41, 5.74) is 2.28. The topological polar surface area (TPSA) is 101 Å². The van der Waals surface area contributed by atoms with E-state index in [2.05, 4.69) is 9.97 Å². The molecule has 0 spiro atoms. The Morgan fingerprint density at radius 2 is 1.96 bits per heavy atom. The summed E-state index contributed by atoms with van der Waals surface area (Å²) in [7, 11) is 0. The van der Waals surface area contributed by atoms with Crippen LogP contribution < -0.4 is 4.90 Å². The lowest BCUT2D eigenvalue weighted by Gasteiger charge is -2.28. The van der Waals surface area contributed by atoms with E-state index in [1.165, 1.54) is 6.07 Å². The summed E-state index contributed by atoms with van der Waals surface area (Å²) in [5.74, 6) is -0.0947.